The van der Waals surface area contributed by atoms with Crippen LogP contribution in [0.4, 0.5) is 0 Å². The van der Waals surface area contributed by atoms with Gasteiger partial charge in [0.1, 0.15) is 23.0 Å². The molecular weight excluding hydrogens is 332 g/mol. The zero-order valence-electron chi connectivity index (χ0n) is 15.5. The lowest BCUT2D eigenvalue weighted by Crippen LogP contribution is -1.96. The van der Waals surface area contributed by atoms with Crippen LogP contribution in [0.5, 0.6) is 0 Å². The third kappa shape index (κ3) is 5.75. The second-order valence-electron chi connectivity index (χ2n) is 5.96. The lowest BCUT2D eigenvalue weighted by molar-refractivity contribution is 0.324. The minimum absolute atomic E-state index is 0.341. The number of rotatable bonds is 10. The van der Waals surface area contributed by atoms with E-state index in [0.29, 0.717) is 29.5 Å². The summed E-state index contributed by atoms with van der Waals surface area (Å²) in [5.41, 5.74) is 3.82. The van der Waals surface area contributed by atoms with Gasteiger partial charge in [-0.05, 0) is 11.1 Å². The first kappa shape index (κ1) is 19.8. The third-order valence-corrected chi connectivity index (χ3v) is 3.87. The van der Waals surface area contributed by atoms with Gasteiger partial charge in [0, 0.05) is 11.1 Å². The highest BCUT2D eigenvalue weighted by molar-refractivity contribution is 5.62. The Labute approximate surface area is 161 Å². The van der Waals surface area contributed by atoms with E-state index in [9.17, 15) is 0 Å². The molecule has 0 saturated heterocycles. The molecule has 0 aliphatic heterocycles. The van der Waals surface area contributed by atoms with Crippen LogP contribution in [0.15, 0.2) is 99.5 Å². The molecule has 0 amide bonds. The number of hydrogen-bond donors (Lipinski definition) is 0. The molecule has 0 spiro atoms. The molecule has 0 N–H and O–H groups in total. The maximum atomic E-state index is 5.70. The lowest BCUT2D eigenvalue weighted by atomic mass is 10.1. The maximum absolute atomic E-state index is 5.70. The minimum Gasteiger partial charge on any atom is -0.462 e. The van der Waals surface area contributed by atoms with Crippen molar-refractivity contribution >= 4 is 23.7 Å². The molecule has 0 aliphatic carbocycles. The van der Waals surface area contributed by atoms with Crippen molar-refractivity contribution in [3.8, 4) is 0 Å². The largest absolute Gasteiger partial charge is 0.462 e. The van der Waals surface area contributed by atoms with E-state index >= 15 is 0 Å². The van der Waals surface area contributed by atoms with E-state index in [-0.39, 0.29) is 0 Å². The lowest BCUT2D eigenvalue weighted by Gasteiger charge is -2.15. The van der Waals surface area contributed by atoms with Crippen molar-refractivity contribution in [1.29, 1.82) is 0 Å². The Hall–Kier alpha value is -3.52. The second kappa shape index (κ2) is 9.25. The first-order valence-corrected chi connectivity index (χ1v) is 8.47. The first-order valence-electron chi connectivity index (χ1n) is 8.47. The number of ether oxygens (including phenoxy) is 2. The maximum Gasteiger partial charge on any atom is 0.126 e. The minimum atomic E-state index is 0.341. The fourth-order valence-electron chi connectivity index (χ4n) is 2.37. The Bertz CT molecular complexity index is 805. The van der Waals surface area contributed by atoms with Crippen LogP contribution in [-0.2, 0) is 9.47 Å². The normalized spacial score (nSPS) is 9.78. The van der Waals surface area contributed by atoms with Gasteiger partial charge in [-0.15, -0.1) is 0 Å². The van der Waals surface area contributed by atoms with Crippen molar-refractivity contribution < 1.29 is 9.47 Å². The SMILES string of the molecule is C=Cc1ccc(C(=C)OC(=C)CC(=C)OC(=C)c2ccc(C=C)cc2)cc1. The summed E-state index contributed by atoms with van der Waals surface area (Å²) in [6, 6.07) is 15.5. The zero-order chi connectivity index (χ0) is 19.8. The topological polar surface area (TPSA) is 18.5 Å². The van der Waals surface area contributed by atoms with Crippen molar-refractivity contribution in [3.63, 3.8) is 0 Å². The van der Waals surface area contributed by atoms with Crippen LogP contribution < -0.4 is 0 Å². The Morgan fingerprint density at radius 3 is 1.26 bits per heavy atom. The van der Waals surface area contributed by atoms with Gasteiger partial charge in [0.2, 0.25) is 0 Å². The van der Waals surface area contributed by atoms with Gasteiger partial charge in [-0.1, -0.05) is 100 Å². The van der Waals surface area contributed by atoms with Crippen LogP contribution in [0.25, 0.3) is 23.7 Å². The molecule has 0 aromatic heterocycles. The second-order valence-corrected chi connectivity index (χ2v) is 5.96. The molecule has 2 aromatic carbocycles. The summed E-state index contributed by atoms with van der Waals surface area (Å²) in [5, 5.41) is 0. The van der Waals surface area contributed by atoms with E-state index in [2.05, 4.69) is 39.5 Å². The van der Waals surface area contributed by atoms with Crippen molar-refractivity contribution in [2.75, 3.05) is 0 Å². The predicted octanol–water partition coefficient (Wildman–Crippen LogP) is 7.06. The van der Waals surface area contributed by atoms with Crippen molar-refractivity contribution in [1.82, 2.24) is 0 Å². The van der Waals surface area contributed by atoms with Crippen LogP contribution in [0.1, 0.15) is 28.7 Å². The van der Waals surface area contributed by atoms with E-state index in [0.717, 1.165) is 22.3 Å². The van der Waals surface area contributed by atoms with Gasteiger partial charge in [0.15, 0.2) is 0 Å². The van der Waals surface area contributed by atoms with Crippen LogP contribution in [0, 0.1) is 0 Å². The summed E-state index contributed by atoms with van der Waals surface area (Å²) in [7, 11) is 0. The molecular formula is C25H24O2. The van der Waals surface area contributed by atoms with Gasteiger partial charge >= 0.3 is 0 Å². The first-order chi connectivity index (χ1) is 12.9. The zero-order valence-corrected chi connectivity index (χ0v) is 15.5. The van der Waals surface area contributed by atoms with Gasteiger partial charge in [0.05, 0.1) is 6.42 Å². The number of benzene rings is 2. The molecule has 2 aromatic rings. The number of hydrogen-bond acceptors (Lipinski definition) is 2. The highest BCUT2D eigenvalue weighted by atomic mass is 16.5. The smallest absolute Gasteiger partial charge is 0.126 e. The van der Waals surface area contributed by atoms with Gasteiger partial charge in [-0.3, -0.25) is 0 Å². The summed E-state index contributed by atoms with van der Waals surface area (Å²) in [6.45, 7) is 23.2. The molecule has 136 valence electrons. The Morgan fingerprint density at radius 1 is 0.630 bits per heavy atom. The van der Waals surface area contributed by atoms with E-state index in [1.54, 1.807) is 12.2 Å². The quantitative estimate of drug-likeness (QED) is 0.424. The summed E-state index contributed by atoms with van der Waals surface area (Å²) >= 11 is 0. The average Bonchev–Trinajstić information content (AvgIpc) is 2.67. The Morgan fingerprint density at radius 2 is 0.963 bits per heavy atom. The molecule has 2 rings (SSSR count). The van der Waals surface area contributed by atoms with Crippen molar-refractivity contribution in [2.45, 2.75) is 6.42 Å². The van der Waals surface area contributed by atoms with Crippen molar-refractivity contribution in [3.05, 3.63) is 122 Å². The molecule has 0 bridgehead atoms. The molecule has 0 atom stereocenters. The average molecular weight is 356 g/mol. The van der Waals surface area contributed by atoms with E-state index in [4.69, 9.17) is 9.47 Å². The summed E-state index contributed by atoms with van der Waals surface area (Å²) in [6.07, 6.45) is 3.91. The molecule has 2 heteroatoms. The van der Waals surface area contributed by atoms with Gasteiger partial charge in [-0.2, -0.15) is 0 Å². The van der Waals surface area contributed by atoms with Crippen LogP contribution in [0.2, 0.25) is 0 Å². The summed E-state index contributed by atoms with van der Waals surface area (Å²) < 4.78 is 11.4. The van der Waals surface area contributed by atoms with Crippen LogP contribution in [0.3, 0.4) is 0 Å². The van der Waals surface area contributed by atoms with Crippen molar-refractivity contribution in [2.24, 2.45) is 0 Å². The van der Waals surface area contributed by atoms with Crippen LogP contribution in [-0.4, -0.2) is 0 Å². The summed E-state index contributed by atoms with van der Waals surface area (Å²) in [5.74, 6) is 2.02. The molecule has 0 unspecified atom stereocenters. The molecule has 0 aliphatic rings. The summed E-state index contributed by atoms with van der Waals surface area (Å²) in [4.78, 5) is 0. The van der Waals surface area contributed by atoms with Gasteiger partial charge < -0.3 is 9.47 Å². The molecule has 0 saturated carbocycles. The molecule has 0 radical (unpaired) electrons. The fraction of sp³-hybridized carbons (Fsp3) is 0.0400. The van der Waals surface area contributed by atoms with Gasteiger partial charge in [0.25, 0.3) is 0 Å². The monoisotopic (exact) mass is 356 g/mol. The van der Waals surface area contributed by atoms with E-state index in [1.807, 2.05) is 48.5 Å². The standard InChI is InChI=1S/C25H24O2/c1-7-22-9-13-24(14-10-22)20(5)26-18(3)17-19(4)27-21(6)25-15-11-23(8-2)12-16-25/h7-16H,1-6,17H2. The molecule has 0 heterocycles. The Balaban J connectivity index is 1.87. The van der Waals surface area contributed by atoms with Crippen LogP contribution >= 0.6 is 0 Å². The highest BCUT2D eigenvalue weighted by Crippen LogP contribution is 2.24. The molecule has 2 nitrogen and oxygen atoms in total. The van der Waals surface area contributed by atoms with E-state index in [1.165, 1.54) is 0 Å². The highest BCUT2D eigenvalue weighted by Gasteiger charge is 2.08. The molecule has 0 fully saturated rings. The third-order valence-electron chi connectivity index (χ3n) is 3.87. The van der Waals surface area contributed by atoms with E-state index < -0.39 is 0 Å². The van der Waals surface area contributed by atoms with Gasteiger partial charge in [-0.25, -0.2) is 0 Å². The fourth-order valence-corrected chi connectivity index (χ4v) is 2.37. The predicted molar refractivity (Wildman–Crippen MR) is 116 cm³/mol. The molecule has 27 heavy (non-hydrogen) atoms. The Kier molecular flexibility index (Phi) is 6.79.